The highest BCUT2D eigenvalue weighted by molar-refractivity contribution is 6.02. The Morgan fingerprint density at radius 3 is 2.12 bits per heavy atom. The highest BCUT2D eigenvalue weighted by atomic mass is 16.5. The van der Waals surface area contributed by atoms with Crippen LogP contribution in [0.1, 0.15) is 15.9 Å². The van der Waals surface area contributed by atoms with Gasteiger partial charge in [-0.25, -0.2) is 9.67 Å². The summed E-state index contributed by atoms with van der Waals surface area (Å²) in [4.78, 5) is 17.0. The van der Waals surface area contributed by atoms with E-state index in [9.17, 15) is 9.90 Å². The van der Waals surface area contributed by atoms with Gasteiger partial charge in [0.25, 0.3) is 0 Å². The summed E-state index contributed by atoms with van der Waals surface area (Å²) in [7, 11) is 3.11. The van der Waals surface area contributed by atoms with Crippen molar-refractivity contribution < 1.29 is 19.4 Å². The summed E-state index contributed by atoms with van der Waals surface area (Å²) >= 11 is 0. The van der Waals surface area contributed by atoms with Crippen molar-refractivity contribution in [1.82, 2.24) is 14.8 Å². The van der Waals surface area contributed by atoms with E-state index in [1.54, 1.807) is 62.8 Å². The van der Waals surface area contributed by atoms with Gasteiger partial charge in [-0.3, -0.25) is 4.79 Å². The predicted octanol–water partition coefficient (Wildman–Crippen LogP) is 2.07. The van der Waals surface area contributed by atoms with E-state index in [1.807, 2.05) is 0 Å². The van der Waals surface area contributed by atoms with Gasteiger partial charge in [-0.15, -0.1) is 0 Å². The van der Waals surface area contributed by atoms with Crippen LogP contribution in [0.3, 0.4) is 0 Å². The maximum Gasteiger partial charge on any atom is 0.200 e. The minimum Gasteiger partial charge on any atom is -0.497 e. The van der Waals surface area contributed by atoms with Crippen LogP contribution < -0.4 is 9.47 Å². The first-order valence-corrected chi connectivity index (χ1v) is 7.95. The van der Waals surface area contributed by atoms with Crippen molar-refractivity contribution >= 4 is 5.78 Å². The zero-order valence-electron chi connectivity index (χ0n) is 14.5. The number of carbonyl (C=O) groups is 1. The molecule has 2 aromatic carbocycles. The standard InChI is InChI=1S/C19H19N3O4/c1-25-16-7-3-14(4-8-16)18(23)19(24,11-22-13-20-12-21-22)15-5-9-17(26-2)10-6-15/h3-10,12-13,24H,11H2,1-2H3. The monoisotopic (exact) mass is 353 g/mol. The van der Waals surface area contributed by atoms with Gasteiger partial charge in [0.2, 0.25) is 5.78 Å². The molecule has 1 aromatic heterocycles. The molecule has 0 spiro atoms. The molecule has 1 unspecified atom stereocenters. The summed E-state index contributed by atoms with van der Waals surface area (Å²) in [6.45, 7) is -0.0653. The summed E-state index contributed by atoms with van der Waals surface area (Å²) in [5.74, 6) is 0.820. The van der Waals surface area contributed by atoms with E-state index < -0.39 is 11.4 Å². The average molecular weight is 353 g/mol. The zero-order valence-corrected chi connectivity index (χ0v) is 14.5. The molecule has 7 nitrogen and oxygen atoms in total. The van der Waals surface area contributed by atoms with Gasteiger partial charge in [0, 0.05) is 5.56 Å². The third-order valence-corrected chi connectivity index (χ3v) is 4.15. The number of ketones is 1. The summed E-state index contributed by atoms with van der Waals surface area (Å²) in [5, 5.41) is 15.4. The van der Waals surface area contributed by atoms with Crippen LogP contribution in [0.25, 0.3) is 0 Å². The van der Waals surface area contributed by atoms with Gasteiger partial charge in [-0.1, -0.05) is 12.1 Å². The Morgan fingerprint density at radius 1 is 1.04 bits per heavy atom. The number of ether oxygens (including phenoxy) is 2. The molecule has 0 fully saturated rings. The molecule has 0 aliphatic carbocycles. The molecular weight excluding hydrogens is 334 g/mol. The molecule has 0 bridgehead atoms. The van der Waals surface area contributed by atoms with E-state index in [0.29, 0.717) is 22.6 Å². The van der Waals surface area contributed by atoms with Crippen molar-refractivity contribution in [2.24, 2.45) is 0 Å². The van der Waals surface area contributed by atoms with Gasteiger partial charge in [-0.2, -0.15) is 5.10 Å². The number of carbonyl (C=O) groups excluding carboxylic acids is 1. The summed E-state index contributed by atoms with van der Waals surface area (Å²) in [5.41, 5.74) is -1.01. The Labute approximate surface area is 150 Å². The molecular formula is C19H19N3O4. The van der Waals surface area contributed by atoms with Gasteiger partial charge >= 0.3 is 0 Å². The maximum atomic E-state index is 13.2. The van der Waals surface area contributed by atoms with Crippen molar-refractivity contribution in [3.63, 3.8) is 0 Å². The second-order valence-corrected chi connectivity index (χ2v) is 5.74. The number of rotatable bonds is 7. The second-order valence-electron chi connectivity index (χ2n) is 5.74. The molecule has 0 aliphatic heterocycles. The number of Topliss-reactive ketones (excluding diaryl/α,β-unsaturated/α-hetero) is 1. The fourth-order valence-corrected chi connectivity index (χ4v) is 2.69. The van der Waals surface area contributed by atoms with E-state index in [1.165, 1.54) is 17.3 Å². The van der Waals surface area contributed by atoms with Crippen LogP contribution in [0.4, 0.5) is 0 Å². The van der Waals surface area contributed by atoms with E-state index in [2.05, 4.69) is 10.1 Å². The maximum absolute atomic E-state index is 13.2. The topological polar surface area (TPSA) is 86.5 Å². The summed E-state index contributed by atoms with van der Waals surface area (Å²) < 4.78 is 11.7. The molecule has 1 heterocycles. The average Bonchev–Trinajstić information content (AvgIpc) is 3.20. The third-order valence-electron chi connectivity index (χ3n) is 4.15. The minimum absolute atomic E-state index is 0.0653. The van der Waals surface area contributed by atoms with Crippen LogP contribution in [0.5, 0.6) is 11.5 Å². The van der Waals surface area contributed by atoms with Crippen LogP contribution in [-0.4, -0.2) is 39.9 Å². The van der Waals surface area contributed by atoms with Crippen molar-refractivity contribution in [1.29, 1.82) is 0 Å². The lowest BCUT2D eigenvalue weighted by Gasteiger charge is -2.27. The first kappa shape index (κ1) is 17.6. The predicted molar refractivity (Wildman–Crippen MR) is 94.2 cm³/mol. The van der Waals surface area contributed by atoms with Crippen LogP contribution in [-0.2, 0) is 12.1 Å². The zero-order chi connectivity index (χ0) is 18.6. The largest absolute Gasteiger partial charge is 0.497 e. The third kappa shape index (κ3) is 3.43. The fraction of sp³-hybridized carbons (Fsp3) is 0.211. The van der Waals surface area contributed by atoms with Crippen molar-refractivity contribution in [3.8, 4) is 11.5 Å². The van der Waals surface area contributed by atoms with Crippen LogP contribution in [0.2, 0.25) is 0 Å². The lowest BCUT2D eigenvalue weighted by molar-refractivity contribution is 0.0182. The first-order chi connectivity index (χ1) is 12.6. The molecule has 0 radical (unpaired) electrons. The number of nitrogens with zero attached hydrogens (tertiary/aromatic N) is 3. The number of benzene rings is 2. The molecule has 26 heavy (non-hydrogen) atoms. The highest BCUT2D eigenvalue weighted by Crippen LogP contribution is 2.30. The highest BCUT2D eigenvalue weighted by Gasteiger charge is 2.39. The second kappa shape index (κ2) is 7.37. The molecule has 0 aliphatic rings. The summed E-state index contributed by atoms with van der Waals surface area (Å²) in [6.07, 6.45) is 2.81. The molecule has 0 amide bonds. The van der Waals surface area contributed by atoms with Crippen molar-refractivity contribution in [2.45, 2.75) is 12.1 Å². The van der Waals surface area contributed by atoms with Gasteiger partial charge in [-0.05, 0) is 42.0 Å². The van der Waals surface area contributed by atoms with Gasteiger partial charge < -0.3 is 14.6 Å². The molecule has 0 saturated heterocycles. The van der Waals surface area contributed by atoms with E-state index in [-0.39, 0.29) is 6.54 Å². The molecule has 1 N–H and O–H groups in total. The lowest BCUT2D eigenvalue weighted by Crippen LogP contribution is -2.40. The van der Waals surface area contributed by atoms with Gasteiger partial charge in [0.15, 0.2) is 5.60 Å². The Morgan fingerprint density at radius 2 is 1.62 bits per heavy atom. The fourth-order valence-electron chi connectivity index (χ4n) is 2.69. The quantitative estimate of drug-likeness (QED) is 0.655. The van der Waals surface area contributed by atoms with Crippen LogP contribution in [0, 0.1) is 0 Å². The number of hydrogen-bond acceptors (Lipinski definition) is 6. The van der Waals surface area contributed by atoms with Gasteiger partial charge in [0.05, 0.1) is 20.8 Å². The Bertz CT molecular complexity index is 861. The molecule has 3 rings (SSSR count). The Kier molecular flexibility index (Phi) is 4.99. The van der Waals surface area contributed by atoms with E-state index >= 15 is 0 Å². The molecule has 7 heteroatoms. The van der Waals surface area contributed by atoms with E-state index in [4.69, 9.17) is 9.47 Å². The Balaban J connectivity index is 2.01. The molecule has 3 aromatic rings. The lowest BCUT2D eigenvalue weighted by atomic mass is 9.85. The Hall–Kier alpha value is -3.19. The number of aromatic nitrogens is 3. The number of aliphatic hydroxyl groups is 1. The number of hydrogen-bond donors (Lipinski definition) is 1. The molecule has 0 saturated carbocycles. The number of methoxy groups -OCH3 is 2. The SMILES string of the molecule is COc1ccc(C(=O)C(O)(Cn2cncn2)c2ccc(OC)cc2)cc1. The molecule has 1 atom stereocenters. The summed E-state index contributed by atoms with van der Waals surface area (Å²) in [6, 6.07) is 13.3. The van der Waals surface area contributed by atoms with Crippen LogP contribution >= 0.6 is 0 Å². The normalized spacial score (nSPS) is 13.0. The van der Waals surface area contributed by atoms with Gasteiger partial charge in [0.1, 0.15) is 24.2 Å². The smallest absolute Gasteiger partial charge is 0.200 e. The van der Waals surface area contributed by atoms with E-state index in [0.717, 1.165) is 0 Å². The van der Waals surface area contributed by atoms with Crippen molar-refractivity contribution in [3.05, 3.63) is 72.3 Å². The minimum atomic E-state index is -1.81. The van der Waals surface area contributed by atoms with Crippen LogP contribution in [0.15, 0.2) is 61.2 Å². The molecule has 134 valence electrons. The van der Waals surface area contributed by atoms with Crippen molar-refractivity contribution in [2.75, 3.05) is 14.2 Å². The first-order valence-electron chi connectivity index (χ1n) is 7.95.